The van der Waals surface area contributed by atoms with E-state index >= 15 is 0 Å². The molecular formula is C20H28N2O2S. The van der Waals surface area contributed by atoms with E-state index < -0.39 is 0 Å². The van der Waals surface area contributed by atoms with E-state index in [1.54, 1.807) is 11.8 Å². The number of nitrogens with one attached hydrogen (secondary N) is 1. The molecule has 1 N–H and O–H groups in total. The van der Waals surface area contributed by atoms with Crippen LogP contribution >= 0.6 is 11.8 Å². The van der Waals surface area contributed by atoms with Crippen LogP contribution in [-0.2, 0) is 9.59 Å². The summed E-state index contributed by atoms with van der Waals surface area (Å²) >= 11 is 1.59. The minimum Gasteiger partial charge on any atom is -0.353 e. The first-order chi connectivity index (χ1) is 12.2. The predicted octanol–water partition coefficient (Wildman–Crippen LogP) is 3.47. The Hall–Kier alpha value is -1.49. The molecule has 25 heavy (non-hydrogen) atoms. The number of likely N-dealkylation sites (tertiary alicyclic amines) is 1. The molecule has 3 rings (SSSR count). The topological polar surface area (TPSA) is 49.4 Å². The number of hydrogen-bond donors (Lipinski definition) is 1. The zero-order valence-electron chi connectivity index (χ0n) is 14.8. The van der Waals surface area contributed by atoms with Gasteiger partial charge in [-0.05, 0) is 37.8 Å². The normalized spacial score (nSPS) is 19.6. The summed E-state index contributed by atoms with van der Waals surface area (Å²) in [6.45, 7) is 1.51. The second-order valence-electron chi connectivity index (χ2n) is 7.10. The van der Waals surface area contributed by atoms with Crippen LogP contribution in [0.2, 0.25) is 0 Å². The average Bonchev–Trinajstić information content (AvgIpc) is 2.68. The highest BCUT2D eigenvalue weighted by atomic mass is 32.2. The summed E-state index contributed by atoms with van der Waals surface area (Å²) in [6.07, 6.45) is 7.47. The molecule has 1 saturated carbocycles. The summed E-state index contributed by atoms with van der Waals surface area (Å²) in [4.78, 5) is 27.8. The van der Waals surface area contributed by atoms with Gasteiger partial charge >= 0.3 is 0 Å². The van der Waals surface area contributed by atoms with Crippen LogP contribution in [0.4, 0.5) is 0 Å². The first-order valence-electron chi connectivity index (χ1n) is 9.48. The van der Waals surface area contributed by atoms with Crippen molar-refractivity contribution < 1.29 is 9.59 Å². The number of nitrogens with zero attached hydrogens (tertiary/aromatic N) is 1. The fourth-order valence-electron chi connectivity index (χ4n) is 3.71. The van der Waals surface area contributed by atoms with Crippen LogP contribution in [0.25, 0.3) is 0 Å². The average molecular weight is 361 g/mol. The van der Waals surface area contributed by atoms with Gasteiger partial charge in [0.25, 0.3) is 0 Å². The van der Waals surface area contributed by atoms with Gasteiger partial charge < -0.3 is 10.2 Å². The van der Waals surface area contributed by atoms with E-state index in [1.807, 2.05) is 35.2 Å². The third-order valence-corrected chi connectivity index (χ3v) is 6.27. The second kappa shape index (κ2) is 9.27. The molecule has 1 aromatic carbocycles. The summed E-state index contributed by atoms with van der Waals surface area (Å²) in [6, 6.07) is 10.3. The largest absolute Gasteiger partial charge is 0.353 e. The maximum absolute atomic E-state index is 12.4. The Balaban J connectivity index is 1.37. The van der Waals surface area contributed by atoms with Gasteiger partial charge in [0.1, 0.15) is 0 Å². The highest BCUT2D eigenvalue weighted by Crippen LogP contribution is 2.24. The number of rotatable bonds is 5. The predicted molar refractivity (Wildman–Crippen MR) is 101 cm³/mol. The van der Waals surface area contributed by atoms with Crippen LogP contribution in [0, 0.1) is 5.92 Å². The number of carbonyl (C=O) groups is 2. The third-order valence-electron chi connectivity index (χ3n) is 5.28. The molecule has 136 valence electrons. The SMILES string of the molecule is O=C(NC1CCN(C(=O)CSc2ccccc2)CC1)C1CCCCC1. The maximum atomic E-state index is 12.4. The molecule has 0 unspecified atom stereocenters. The highest BCUT2D eigenvalue weighted by molar-refractivity contribution is 8.00. The fourth-order valence-corrected chi connectivity index (χ4v) is 4.53. The monoisotopic (exact) mass is 360 g/mol. The number of amides is 2. The van der Waals surface area contributed by atoms with Crippen molar-refractivity contribution in [1.82, 2.24) is 10.2 Å². The second-order valence-corrected chi connectivity index (χ2v) is 8.15. The van der Waals surface area contributed by atoms with Crippen molar-refractivity contribution in [1.29, 1.82) is 0 Å². The molecule has 0 aromatic heterocycles. The number of piperidine rings is 1. The van der Waals surface area contributed by atoms with Gasteiger partial charge in [0.2, 0.25) is 11.8 Å². The van der Waals surface area contributed by atoms with Gasteiger partial charge in [0, 0.05) is 29.9 Å². The first kappa shape index (κ1) is 18.3. The number of carbonyl (C=O) groups excluding carboxylic acids is 2. The van der Waals surface area contributed by atoms with Gasteiger partial charge in [0.15, 0.2) is 0 Å². The van der Waals surface area contributed by atoms with Crippen molar-refractivity contribution in [3.05, 3.63) is 30.3 Å². The van der Waals surface area contributed by atoms with Gasteiger partial charge in [-0.1, -0.05) is 37.5 Å². The fraction of sp³-hybridized carbons (Fsp3) is 0.600. The summed E-state index contributed by atoms with van der Waals surface area (Å²) in [5, 5.41) is 3.22. The van der Waals surface area contributed by atoms with E-state index in [1.165, 1.54) is 19.3 Å². The van der Waals surface area contributed by atoms with Gasteiger partial charge in [-0.3, -0.25) is 9.59 Å². The molecule has 1 aliphatic heterocycles. The zero-order chi connectivity index (χ0) is 17.5. The number of benzene rings is 1. The standard InChI is InChI=1S/C20H28N2O2S/c23-19(15-25-18-9-5-2-6-10-18)22-13-11-17(12-14-22)21-20(24)16-7-3-1-4-8-16/h2,5-6,9-10,16-17H,1,3-4,7-8,11-15H2,(H,21,24). The summed E-state index contributed by atoms with van der Waals surface area (Å²) in [5.41, 5.74) is 0. The quantitative estimate of drug-likeness (QED) is 0.818. The summed E-state index contributed by atoms with van der Waals surface area (Å²) in [7, 11) is 0. The highest BCUT2D eigenvalue weighted by Gasteiger charge is 2.27. The number of thioether (sulfide) groups is 1. The van der Waals surface area contributed by atoms with Gasteiger partial charge in [-0.25, -0.2) is 0 Å². The third kappa shape index (κ3) is 5.50. The lowest BCUT2D eigenvalue weighted by Gasteiger charge is -2.33. The molecule has 2 fully saturated rings. The molecule has 1 aliphatic carbocycles. The minimum absolute atomic E-state index is 0.200. The van der Waals surface area contributed by atoms with Crippen molar-refractivity contribution in [2.45, 2.75) is 55.9 Å². The lowest BCUT2D eigenvalue weighted by atomic mass is 9.88. The Bertz CT molecular complexity index is 564. The molecule has 2 aliphatic rings. The maximum Gasteiger partial charge on any atom is 0.232 e. The van der Waals surface area contributed by atoms with Gasteiger partial charge in [-0.15, -0.1) is 11.8 Å². The minimum atomic E-state index is 0.200. The molecule has 0 bridgehead atoms. The van der Waals surface area contributed by atoms with Crippen molar-refractivity contribution in [3.63, 3.8) is 0 Å². The van der Waals surface area contributed by atoms with Crippen LogP contribution < -0.4 is 5.32 Å². The molecule has 5 heteroatoms. The van der Waals surface area contributed by atoms with Crippen LogP contribution in [-0.4, -0.2) is 41.6 Å². The van der Waals surface area contributed by atoms with E-state index in [-0.39, 0.29) is 23.8 Å². The molecule has 1 heterocycles. The van der Waals surface area contributed by atoms with Crippen LogP contribution in [0.5, 0.6) is 0 Å². The molecule has 0 atom stereocenters. The Kier molecular flexibility index (Phi) is 6.79. The van der Waals surface area contributed by atoms with Crippen molar-refractivity contribution in [2.75, 3.05) is 18.8 Å². The molecule has 1 saturated heterocycles. The Labute approximate surface area is 154 Å². The van der Waals surface area contributed by atoms with E-state index in [2.05, 4.69) is 5.32 Å². The Morgan fingerprint density at radius 3 is 2.36 bits per heavy atom. The molecule has 2 amide bonds. The van der Waals surface area contributed by atoms with Crippen molar-refractivity contribution >= 4 is 23.6 Å². The lowest BCUT2D eigenvalue weighted by molar-refractivity contribution is -0.130. The van der Waals surface area contributed by atoms with Gasteiger partial charge in [0.05, 0.1) is 5.75 Å². The molecular weight excluding hydrogens is 332 g/mol. The van der Waals surface area contributed by atoms with Crippen molar-refractivity contribution in [2.24, 2.45) is 5.92 Å². The summed E-state index contributed by atoms with van der Waals surface area (Å²) in [5.74, 6) is 1.15. The molecule has 4 nitrogen and oxygen atoms in total. The molecule has 0 radical (unpaired) electrons. The van der Waals surface area contributed by atoms with Crippen LogP contribution in [0.3, 0.4) is 0 Å². The number of hydrogen-bond acceptors (Lipinski definition) is 3. The molecule has 0 spiro atoms. The Morgan fingerprint density at radius 1 is 1.00 bits per heavy atom. The van der Waals surface area contributed by atoms with Crippen LogP contribution in [0.15, 0.2) is 35.2 Å². The van der Waals surface area contributed by atoms with Crippen LogP contribution in [0.1, 0.15) is 44.9 Å². The lowest BCUT2D eigenvalue weighted by Crippen LogP contribution is -2.48. The Morgan fingerprint density at radius 2 is 1.68 bits per heavy atom. The smallest absolute Gasteiger partial charge is 0.232 e. The van der Waals surface area contributed by atoms with E-state index in [9.17, 15) is 9.59 Å². The van der Waals surface area contributed by atoms with E-state index in [0.29, 0.717) is 5.75 Å². The molecule has 1 aromatic rings. The zero-order valence-corrected chi connectivity index (χ0v) is 15.6. The summed E-state index contributed by atoms with van der Waals surface area (Å²) < 4.78 is 0. The van der Waals surface area contributed by atoms with Crippen molar-refractivity contribution in [3.8, 4) is 0 Å². The van der Waals surface area contributed by atoms with E-state index in [0.717, 1.165) is 43.7 Å². The van der Waals surface area contributed by atoms with E-state index in [4.69, 9.17) is 0 Å². The van der Waals surface area contributed by atoms with Gasteiger partial charge in [-0.2, -0.15) is 0 Å². The first-order valence-corrected chi connectivity index (χ1v) is 10.5.